The van der Waals surface area contributed by atoms with E-state index in [9.17, 15) is 23.5 Å². The summed E-state index contributed by atoms with van der Waals surface area (Å²) in [5, 5.41) is 24.4. The average molecular weight is 602 g/mol. The number of hydrogen-bond acceptors (Lipinski definition) is 7. The molecule has 0 bridgehead atoms. The van der Waals surface area contributed by atoms with E-state index in [-0.39, 0.29) is 17.6 Å². The Bertz CT molecular complexity index is 1640. The van der Waals surface area contributed by atoms with Crippen LogP contribution in [0.1, 0.15) is 52.1 Å². The molecule has 2 saturated heterocycles. The summed E-state index contributed by atoms with van der Waals surface area (Å²) >= 11 is 0. The number of nitrogens with zero attached hydrogens (tertiary/aromatic N) is 5. The fourth-order valence-corrected chi connectivity index (χ4v) is 5.60. The van der Waals surface area contributed by atoms with Gasteiger partial charge in [0.1, 0.15) is 17.3 Å². The van der Waals surface area contributed by atoms with E-state index >= 15 is 0 Å². The molecule has 0 radical (unpaired) electrons. The van der Waals surface area contributed by atoms with E-state index in [1.807, 2.05) is 23.1 Å². The van der Waals surface area contributed by atoms with Crippen molar-refractivity contribution in [2.24, 2.45) is 0 Å². The number of hydrogen-bond donors (Lipinski definition) is 3. The number of amides is 2. The van der Waals surface area contributed by atoms with Crippen molar-refractivity contribution in [2.75, 3.05) is 41.7 Å². The summed E-state index contributed by atoms with van der Waals surface area (Å²) < 4.78 is 28.6. The predicted molar refractivity (Wildman–Crippen MR) is 162 cm³/mol. The molecule has 1 aromatic heterocycles. The van der Waals surface area contributed by atoms with E-state index < -0.39 is 17.5 Å². The number of likely N-dealkylation sites (tertiary alicyclic amines) is 1. The number of benzene rings is 3. The van der Waals surface area contributed by atoms with Gasteiger partial charge in [-0.2, -0.15) is 0 Å². The van der Waals surface area contributed by atoms with Gasteiger partial charge in [-0.05, 0) is 74.2 Å². The Balaban J connectivity index is 1.14. The Morgan fingerprint density at radius 1 is 0.909 bits per heavy atom. The Morgan fingerprint density at radius 3 is 2.41 bits per heavy atom. The molecule has 0 saturated carbocycles. The molecule has 0 spiro atoms. The summed E-state index contributed by atoms with van der Waals surface area (Å²) in [4.78, 5) is 30.1. The van der Waals surface area contributed by atoms with Gasteiger partial charge < -0.3 is 25.5 Å². The first kappa shape index (κ1) is 29.2. The maximum absolute atomic E-state index is 13.5. The third-order valence-electron chi connectivity index (χ3n) is 7.93. The summed E-state index contributed by atoms with van der Waals surface area (Å²) in [7, 11) is 0. The van der Waals surface area contributed by atoms with Gasteiger partial charge in [-0.1, -0.05) is 11.3 Å². The third kappa shape index (κ3) is 6.70. The molecule has 3 aromatic carbocycles. The Morgan fingerprint density at radius 2 is 1.66 bits per heavy atom. The molecule has 6 rings (SSSR count). The lowest BCUT2D eigenvalue weighted by Crippen LogP contribution is -2.37. The molecule has 10 nitrogen and oxygen atoms in total. The fourth-order valence-electron chi connectivity index (χ4n) is 5.60. The zero-order valence-corrected chi connectivity index (χ0v) is 24.0. The second-order valence-corrected chi connectivity index (χ2v) is 11.1. The number of aliphatic hydroxyl groups is 1. The fraction of sp³-hybridized carbons (Fsp3) is 0.312. The first-order valence-corrected chi connectivity index (χ1v) is 14.7. The van der Waals surface area contributed by atoms with Gasteiger partial charge >= 0.3 is 0 Å². The van der Waals surface area contributed by atoms with Gasteiger partial charge in [0.15, 0.2) is 0 Å². The van der Waals surface area contributed by atoms with Crippen LogP contribution in [0.15, 0.2) is 66.9 Å². The van der Waals surface area contributed by atoms with Gasteiger partial charge in [-0.3, -0.25) is 9.59 Å². The molecule has 3 N–H and O–H groups in total. The Labute approximate surface area is 253 Å². The van der Waals surface area contributed by atoms with Crippen molar-refractivity contribution in [2.45, 2.75) is 38.3 Å². The van der Waals surface area contributed by atoms with Crippen LogP contribution < -0.4 is 15.5 Å². The van der Waals surface area contributed by atoms with Gasteiger partial charge in [-0.25, -0.2) is 13.5 Å². The number of aliphatic hydroxyl groups excluding tert-OH is 1. The lowest BCUT2D eigenvalue weighted by molar-refractivity contribution is 0.0793. The minimum atomic E-state index is -0.833. The highest BCUT2D eigenvalue weighted by Crippen LogP contribution is 2.30. The molecule has 2 fully saturated rings. The van der Waals surface area contributed by atoms with E-state index in [0.717, 1.165) is 49.4 Å². The van der Waals surface area contributed by atoms with Crippen LogP contribution >= 0.6 is 0 Å². The van der Waals surface area contributed by atoms with E-state index in [2.05, 4.69) is 25.8 Å². The predicted octanol–water partition coefficient (Wildman–Crippen LogP) is 4.61. The number of halogens is 2. The lowest BCUT2D eigenvalue weighted by Gasteiger charge is -2.33. The molecule has 3 heterocycles. The number of carbonyl (C=O) groups excluding carboxylic acids is 2. The smallest absolute Gasteiger partial charge is 0.256 e. The minimum Gasteiger partial charge on any atom is -0.393 e. The van der Waals surface area contributed by atoms with Gasteiger partial charge in [0.2, 0.25) is 0 Å². The van der Waals surface area contributed by atoms with Gasteiger partial charge in [-0.15, -0.1) is 5.10 Å². The first-order valence-electron chi connectivity index (χ1n) is 14.7. The second kappa shape index (κ2) is 12.8. The molecule has 4 aromatic rings. The van der Waals surface area contributed by atoms with E-state index in [0.29, 0.717) is 61.2 Å². The Kier molecular flexibility index (Phi) is 8.51. The SMILES string of the molecule is O=C(Nc1cccc(-n2cc(CNc3ccc(N4CCC(O)CC4)c(C(=O)N4CCCC4)c3)nn2)c1)c1cc(F)cc(F)c1. The highest BCUT2D eigenvalue weighted by atomic mass is 19.1. The highest BCUT2D eigenvalue weighted by molar-refractivity contribution is 6.04. The van der Waals surface area contributed by atoms with Gasteiger partial charge in [0.05, 0.1) is 30.1 Å². The number of nitrogens with one attached hydrogen (secondary N) is 2. The molecule has 0 aliphatic carbocycles. The molecular formula is C32H33F2N7O3. The maximum atomic E-state index is 13.5. The van der Waals surface area contributed by atoms with Crippen molar-refractivity contribution >= 4 is 28.9 Å². The number of rotatable bonds is 8. The van der Waals surface area contributed by atoms with Crippen molar-refractivity contribution < 1.29 is 23.5 Å². The standard InChI is InChI=1S/C32H33F2N7O3/c33-22-14-21(15-23(34)16-22)31(43)36-25-4-3-5-27(17-25)41-20-26(37-38-41)19-35-24-6-7-30(39-12-8-28(42)9-13-39)29(18-24)32(44)40-10-1-2-11-40/h3-7,14-18,20,28,35,42H,1-2,8-13,19H2,(H,36,43). The van der Waals surface area contributed by atoms with E-state index in [4.69, 9.17) is 0 Å². The first-order chi connectivity index (χ1) is 21.3. The van der Waals surface area contributed by atoms with Crippen LogP contribution in [0.4, 0.5) is 25.8 Å². The molecule has 44 heavy (non-hydrogen) atoms. The Hall–Kier alpha value is -4.84. The van der Waals surface area contributed by atoms with Crippen molar-refractivity contribution in [3.63, 3.8) is 0 Å². The van der Waals surface area contributed by atoms with Crippen molar-refractivity contribution in [1.29, 1.82) is 0 Å². The van der Waals surface area contributed by atoms with Crippen molar-refractivity contribution in [3.05, 3.63) is 95.3 Å². The summed E-state index contributed by atoms with van der Waals surface area (Å²) in [5.41, 5.74) is 3.89. The number of piperidine rings is 1. The van der Waals surface area contributed by atoms with Crippen LogP contribution in [0.5, 0.6) is 0 Å². The second-order valence-electron chi connectivity index (χ2n) is 11.1. The number of anilines is 3. The monoisotopic (exact) mass is 601 g/mol. The largest absolute Gasteiger partial charge is 0.393 e. The maximum Gasteiger partial charge on any atom is 0.256 e. The summed E-state index contributed by atoms with van der Waals surface area (Å²) in [6.45, 7) is 3.27. The van der Waals surface area contributed by atoms with Crippen LogP contribution in [0, 0.1) is 11.6 Å². The van der Waals surface area contributed by atoms with Crippen LogP contribution in [-0.2, 0) is 6.54 Å². The van der Waals surface area contributed by atoms with Crippen LogP contribution in [0.3, 0.4) is 0 Å². The zero-order chi connectivity index (χ0) is 30.6. The normalized spacial score (nSPS) is 15.4. The van der Waals surface area contributed by atoms with Crippen LogP contribution in [0.2, 0.25) is 0 Å². The highest BCUT2D eigenvalue weighted by Gasteiger charge is 2.26. The molecule has 12 heteroatoms. The van der Waals surface area contributed by atoms with Gasteiger partial charge in [0.25, 0.3) is 11.8 Å². The molecular weight excluding hydrogens is 568 g/mol. The van der Waals surface area contributed by atoms with Gasteiger partial charge in [0, 0.05) is 54.9 Å². The molecule has 0 atom stereocenters. The minimum absolute atomic E-state index is 0.0210. The molecule has 0 unspecified atom stereocenters. The summed E-state index contributed by atoms with van der Waals surface area (Å²) in [6, 6.07) is 15.3. The van der Waals surface area contributed by atoms with Crippen LogP contribution in [0.25, 0.3) is 5.69 Å². The van der Waals surface area contributed by atoms with Crippen molar-refractivity contribution in [3.8, 4) is 5.69 Å². The van der Waals surface area contributed by atoms with E-state index in [1.165, 1.54) is 0 Å². The number of aromatic nitrogens is 3. The van der Waals surface area contributed by atoms with Crippen molar-refractivity contribution in [1.82, 2.24) is 19.9 Å². The zero-order valence-electron chi connectivity index (χ0n) is 24.0. The lowest BCUT2D eigenvalue weighted by atomic mass is 10.0. The van der Waals surface area contributed by atoms with Crippen LogP contribution in [-0.4, -0.2) is 69.1 Å². The van der Waals surface area contributed by atoms with E-state index in [1.54, 1.807) is 35.1 Å². The third-order valence-corrected chi connectivity index (χ3v) is 7.93. The summed E-state index contributed by atoms with van der Waals surface area (Å²) in [6.07, 6.45) is 4.81. The molecule has 2 amide bonds. The molecule has 228 valence electrons. The molecule has 2 aliphatic rings. The topological polar surface area (TPSA) is 116 Å². The quantitative estimate of drug-likeness (QED) is 0.270. The summed E-state index contributed by atoms with van der Waals surface area (Å²) in [5.74, 6) is -2.29. The average Bonchev–Trinajstić information content (AvgIpc) is 3.73. The number of carbonyl (C=O) groups is 2. The molecule has 2 aliphatic heterocycles.